The fourth-order valence-electron chi connectivity index (χ4n) is 3.98. The summed E-state index contributed by atoms with van der Waals surface area (Å²) in [7, 11) is 1.55. The van der Waals surface area contributed by atoms with E-state index in [-0.39, 0.29) is 29.0 Å². The first-order valence-electron chi connectivity index (χ1n) is 11.2. The summed E-state index contributed by atoms with van der Waals surface area (Å²) in [5.74, 6) is -0.287. The number of rotatable bonds is 6. The zero-order valence-corrected chi connectivity index (χ0v) is 19.4. The van der Waals surface area contributed by atoms with Crippen LogP contribution >= 0.6 is 0 Å². The molecule has 4 aromatic rings. The molecule has 0 radical (unpaired) electrons. The summed E-state index contributed by atoms with van der Waals surface area (Å²) in [5, 5.41) is 3.21. The van der Waals surface area contributed by atoms with Gasteiger partial charge in [-0.25, -0.2) is 0 Å². The molecular weight excluding hydrogens is 428 g/mol. The average molecular weight is 455 g/mol. The molecule has 0 spiro atoms. The van der Waals surface area contributed by atoms with Crippen LogP contribution in [-0.2, 0) is 11.2 Å². The molecular formula is C28H26N2O4. The summed E-state index contributed by atoms with van der Waals surface area (Å²) < 4.78 is 6.14. The number of benzene rings is 3. The molecule has 0 atom stereocenters. The van der Waals surface area contributed by atoms with E-state index in [2.05, 4.69) is 5.32 Å². The van der Waals surface area contributed by atoms with Crippen LogP contribution < -0.4 is 10.7 Å². The quantitative estimate of drug-likeness (QED) is 0.443. The van der Waals surface area contributed by atoms with Crippen molar-refractivity contribution in [2.45, 2.75) is 20.3 Å². The lowest BCUT2D eigenvalue weighted by Crippen LogP contribution is -2.35. The molecule has 3 aromatic carbocycles. The number of carbonyl (C=O) groups excluding carboxylic acids is 2. The molecule has 0 saturated heterocycles. The smallest absolute Gasteiger partial charge is 0.257 e. The van der Waals surface area contributed by atoms with Gasteiger partial charge in [-0.05, 0) is 37.1 Å². The lowest BCUT2D eigenvalue weighted by molar-refractivity contribution is -0.116. The summed E-state index contributed by atoms with van der Waals surface area (Å²) >= 11 is 0. The third-order valence-corrected chi connectivity index (χ3v) is 5.81. The van der Waals surface area contributed by atoms with Gasteiger partial charge in [-0.2, -0.15) is 0 Å². The molecule has 6 nitrogen and oxygen atoms in total. The number of likely N-dealkylation sites (N-methyl/N-ethyl adjacent to an activating group) is 1. The van der Waals surface area contributed by atoms with Gasteiger partial charge >= 0.3 is 0 Å². The fraction of sp³-hybridized carbons (Fsp3) is 0.179. The van der Waals surface area contributed by atoms with Gasteiger partial charge < -0.3 is 14.6 Å². The van der Waals surface area contributed by atoms with Gasteiger partial charge in [-0.15, -0.1) is 0 Å². The van der Waals surface area contributed by atoms with E-state index in [1.165, 1.54) is 4.90 Å². The Bertz CT molecular complexity index is 1420. The minimum absolute atomic E-state index is 0.144. The number of para-hydroxylation sites is 2. The molecule has 0 aliphatic heterocycles. The van der Waals surface area contributed by atoms with Gasteiger partial charge in [0.25, 0.3) is 5.91 Å². The molecule has 1 N–H and O–H groups in total. The lowest BCUT2D eigenvalue weighted by Gasteiger charge is -2.18. The minimum Gasteiger partial charge on any atom is -0.455 e. The minimum atomic E-state index is -0.407. The van der Waals surface area contributed by atoms with Crippen LogP contribution in [0.3, 0.4) is 0 Å². The van der Waals surface area contributed by atoms with Crippen LogP contribution in [0.2, 0.25) is 0 Å². The van der Waals surface area contributed by atoms with Gasteiger partial charge in [0.2, 0.25) is 5.91 Å². The zero-order valence-electron chi connectivity index (χ0n) is 19.4. The van der Waals surface area contributed by atoms with Gasteiger partial charge in [0.05, 0.1) is 17.5 Å². The highest BCUT2D eigenvalue weighted by Gasteiger charge is 2.22. The molecule has 0 unspecified atom stereocenters. The Kier molecular flexibility index (Phi) is 6.59. The highest BCUT2D eigenvalue weighted by Crippen LogP contribution is 2.27. The van der Waals surface area contributed by atoms with E-state index in [0.717, 1.165) is 23.2 Å². The Morgan fingerprint density at radius 3 is 2.38 bits per heavy atom. The largest absolute Gasteiger partial charge is 0.455 e. The van der Waals surface area contributed by atoms with Gasteiger partial charge in [0.1, 0.15) is 5.76 Å². The molecule has 0 fully saturated rings. The summed E-state index contributed by atoms with van der Waals surface area (Å²) in [5.41, 5.74) is 3.24. The van der Waals surface area contributed by atoms with E-state index in [9.17, 15) is 14.4 Å². The first kappa shape index (κ1) is 23.0. The zero-order chi connectivity index (χ0) is 24.2. The predicted octanol–water partition coefficient (Wildman–Crippen LogP) is 5.04. The van der Waals surface area contributed by atoms with Crippen LogP contribution in [-0.4, -0.2) is 30.3 Å². The molecule has 0 saturated carbocycles. The Hall–Kier alpha value is -4.19. The van der Waals surface area contributed by atoms with Crippen LogP contribution in [0.1, 0.15) is 28.4 Å². The number of nitrogens with zero attached hydrogens (tertiary/aromatic N) is 1. The third kappa shape index (κ3) is 4.48. The first-order valence-corrected chi connectivity index (χ1v) is 11.2. The van der Waals surface area contributed by atoms with Crippen LogP contribution in [0.15, 0.2) is 82.0 Å². The SMILES string of the molecule is CCc1ccccc1NC(=O)CN(C)C(=O)c1cccc2c(=O)c(C)c(-c3ccccc3)oc12. The molecule has 1 heterocycles. The first-order chi connectivity index (χ1) is 16.4. The van der Waals surface area contributed by atoms with Crippen molar-refractivity contribution >= 4 is 28.5 Å². The summed E-state index contributed by atoms with van der Waals surface area (Å²) in [6.07, 6.45) is 0.781. The number of aryl methyl sites for hydroxylation is 1. The maximum Gasteiger partial charge on any atom is 0.257 e. The van der Waals surface area contributed by atoms with E-state index in [0.29, 0.717) is 16.7 Å². The number of nitrogens with one attached hydrogen (secondary N) is 1. The van der Waals surface area contributed by atoms with Gasteiger partial charge in [0.15, 0.2) is 11.0 Å². The Labute approximate surface area is 197 Å². The molecule has 1 aromatic heterocycles. The topological polar surface area (TPSA) is 79.6 Å². The predicted molar refractivity (Wildman–Crippen MR) is 134 cm³/mol. The number of hydrogen-bond donors (Lipinski definition) is 1. The van der Waals surface area contributed by atoms with Crippen LogP contribution in [0.4, 0.5) is 5.69 Å². The normalized spacial score (nSPS) is 10.8. The molecule has 4 rings (SSSR count). The van der Waals surface area contributed by atoms with Crippen molar-refractivity contribution in [1.82, 2.24) is 4.90 Å². The average Bonchev–Trinajstić information content (AvgIpc) is 2.86. The number of amides is 2. The second-order valence-corrected chi connectivity index (χ2v) is 8.15. The van der Waals surface area contributed by atoms with Crippen molar-refractivity contribution in [1.29, 1.82) is 0 Å². The molecule has 0 bridgehead atoms. The van der Waals surface area contributed by atoms with E-state index in [4.69, 9.17) is 4.42 Å². The molecule has 2 amide bonds. The van der Waals surface area contributed by atoms with Crippen molar-refractivity contribution < 1.29 is 14.0 Å². The molecule has 172 valence electrons. The number of carbonyl (C=O) groups is 2. The van der Waals surface area contributed by atoms with Gasteiger partial charge in [0, 0.05) is 23.9 Å². The molecule has 6 heteroatoms. The van der Waals surface area contributed by atoms with Crippen LogP contribution in [0.25, 0.3) is 22.3 Å². The molecule has 0 aliphatic rings. The van der Waals surface area contributed by atoms with E-state index in [1.807, 2.05) is 61.5 Å². The van der Waals surface area contributed by atoms with E-state index in [1.54, 1.807) is 32.2 Å². The summed E-state index contributed by atoms with van der Waals surface area (Å²) in [6.45, 7) is 3.59. The Morgan fingerprint density at radius 1 is 0.941 bits per heavy atom. The van der Waals surface area contributed by atoms with Gasteiger partial charge in [-0.1, -0.05) is 61.5 Å². The maximum absolute atomic E-state index is 13.3. The number of fused-ring (bicyclic) bond motifs is 1. The van der Waals surface area contributed by atoms with E-state index < -0.39 is 5.91 Å². The summed E-state index contributed by atoms with van der Waals surface area (Å²) in [6, 6.07) is 21.8. The Morgan fingerprint density at radius 2 is 1.65 bits per heavy atom. The van der Waals surface area contributed by atoms with E-state index >= 15 is 0 Å². The molecule has 0 aliphatic carbocycles. The van der Waals surface area contributed by atoms with Crippen LogP contribution in [0, 0.1) is 6.92 Å². The monoisotopic (exact) mass is 454 g/mol. The molecule has 34 heavy (non-hydrogen) atoms. The second kappa shape index (κ2) is 9.75. The highest BCUT2D eigenvalue weighted by atomic mass is 16.3. The number of hydrogen-bond acceptors (Lipinski definition) is 4. The standard InChI is InChI=1S/C28H26N2O4/c1-4-19-11-8-9-16-23(19)29-24(31)17-30(3)28(33)22-15-10-14-21-25(32)18(2)26(34-27(21)22)20-12-6-5-7-13-20/h5-16H,4,17H2,1-3H3,(H,29,31). The third-order valence-electron chi connectivity index (χ3n) is 5.81. The van der Waals surface area contributed by atoms with Crippen molar-refractivity contribution in [3.05, 3.63) is 99.7 Å². The maximum atomic E-state index is 13.3. The van der Waals surface area contributed by atoms with Crippen molar-refractivity contribution in [3.8, 4) is 11.3 Å². The van der Waals surface area contributed by atoms with Crippen LogP contribution in [0.5, 0.6) is 0 Å². The van der Waals surface area contributed by atoms with Gasteiger partial charge in [-0.3, -0.25) is 14.4 Å². The van der Waals surface area contributed by atoms with Crippen molar-refractivity contribution in [3.63, 3.8) is 0 Å². The Balaban J connectivity index is 1.65. The number of anilines is 1. The second-order valence-electron chi connectivity index (χ2n) is 8.15. The van der Waals surface area contributed by atoms with Crippen molar-refractivity contribution in [2.24, 2.45) is 0 Å². The highest BCUT2D eigenvalue weighted by molar-refractivity contribution is 6.06. The summed E-state index contributed by atoms with van der Waals surface area (Å²) in [4.78, 5) is 40.3. The fourth-order valence-corrected chi connectivity index (χ4v) is 3.98. The lowest BCUT2D eigenvalue weighted by atomic mass is 10.0. The van der Waals surface area contributed by atoms with Crippen molar-refractivity contribution in [2.75, 3.05) is 18.9 Å².